The first kappa shape index (κ1) is 10.9. The van der Waals surface area contributed by atoms with Crippen LogP contribution in [0, 0.1) is 29.6 Å². The van der Waals surface area contributed by atoms with Gasteiger partial charge in [0.25, 0.3) is 0 Å². The number of benzene rings is 1. The molecule has 4 nitrogen and oxygen atoms in total. The van der Waals surface area contributed by atoms with Crippen molar-refractivity contribution in [3.63, 3.8) is 0 Å². The third-order valence-electron chi connectivity index (χ3n) is 2.71. The summed E-state index contributed by atoms with van der Waals surface area (Å²) >= 11 is 0. The van der Waals surface area contributed by atoms with Crippen LogP contribution in [-0.2, 0) is 7.05 Å². The van der Waals surface area contributed by atoms with Gasteiger partial charge in [0.1, 0.15) is 17.7 Å². The molecule has 0 saturated carbocycles. The molecule has 1 heterocycles. The molecule has 0 aliphatic heterocycles. The molecule has 2 rings (SSSR count). The van der Waals surface area contributed by atoms with E-state index in [4.69, 9.17) is 10.5 Å². The summed E-state index contributed by atoms with van der Waals surface area (Å²) in [5, 5.41) is 22.8. The topological polar surface area (TPSA) is 65.4 Å². The van der Waals surface area contributed by atoms with Crippen LogP contribution in [0.15, 0.2) is 23.8 Å². The molecule has 1 aromatic heterocycles. The van der Waals surface area contributed by atoms with Gasteiger partial charge in [-0.1, -0.05) is 12.1 Å². The average molecular weight is 222 g/mol. The summed E-state index contributed by atoms with van der Waals surface area (Å²) in [5.74, 6) is 0. The van der Waals surface area contributed by atoms with E-state index in [1.165, 1.54) is 0 Å². The van der Waals surface area contributed by atoms with E-state index < -0.39 is 0 Å². The number of aromatic nitrogens is 2. The highest BCUT2D eigenvalue weighted by atomic mass is 15.3. The number of rotatable bonds is 1. The number of hydrogen-bond acceptors (Lipinski definition) is 3. The molecule has 0 fully saturated rings. The van der Waals surface area contributed by atoms with Gasteiger partial charge in [-0.05, 0) is 24.6 Å². The molecule has 0 radical (unpaired) electrons. The predicted molar refractivity (Wildman–Crippen MR) is 64.7 cm³/mol. The average Bonchev–Trinajstić information content (AvgIpc) is 2.62. The number of nitrogens with zero attached hydrogens (tertiary/aromatic N) is 4. The van der Waals surface area contributed by atoms with E-state index in [2.05, 4.69) is 5.10 Å². The van der Waals surface area contributed by atoms with Gasteiger partial charge < -0.3 is 0 Å². The first-order valence-electron chi connectivity index (χ1n) is 5.11. The standard InChI is InChI=1S/C13H10N4/c1-9-12-4-3-10(5-11(7-14)8-15)6-13(12)16-17(9)2/h3-6H,1-2H3. The summed E-state index contributed by atoms with van der Waals surface area (Å²) in [6, 6.07) is 9.39. The Hall–Kier alpha value is -2.59. The first-order chi connectivity index (χ1) is 8.15. The number of fused-ring (bicyclic) bond motifs is 1. The monoisotopic (exact) mass is 222 g/mol. The zero-order valence-corrected chi connectivity index (χ0v) is 9.60. The second kappa shape index (κ2) is 4.11. The molecular formula is C13H10N4. The van der Waals surface area contributed by atoms with Gasteiger partial charge in [0.05, 0.1) is 5.52 Å². The van der Waals surface area contributed by atoms with Crippen molar-refractivity contribution >= 4 is 17.0 Å². The van der Waals surface area contributed by atoms with Crippen LogP contribution in [0.2, 0.25) is 0 Å². The van der Waals surface area contributed by atoms with Gasteiger partial charge >= 0.3 is 0 Å². The molecule has 0 amide bonds. The Morgan fingerprint density at radius 2 is 2.06 bits per heavy atom. The molecule has 0 spiro atoms. The zero-order chi connectivity index (χ0) is 12.4. The van der Waals surface area contributed by atoms with Crippen molar-refractivity contribution in [2.24, 2.45) is 7.05 Å². The molecule has 4 heteroatoms. The third-order valence-corrected chi connectivity index (χ3v) is 2.71. The lowest BCUT2D eigenvalue weighted by atomic mass is 10.1. The highest BCUT2D eigenvalue weighted by Gasteiger charge is 2.04. The van der Waals surface area contributed by atoms with Crippen LogP contribution in [0.3, 0.4) is 0 Å². The normalized spacial score (nSPS) is 9.65. The summed E-state index contributed by atoms with van der Waals surface area (Å²) in [4.78, 5) is 0. The van der Waals surface area contributed by atoms with E-state index in [0.29, 0.717) is 0 Å². The molecule has 0 saturated heterocycles. The molecule has 0 unspecified atom stereocenters. The molecule has 0 N–H and O–H groups in total. The number of nitriles is 2. The minimum atomic E-state index is 0.0944. The van der Waals surface area contributed by atoms with Crippen LogP contribution < -0.4 is 0 Å². The van der Waals surface area contributed by atoms with Crippen molar-refractivity contribution < 1.29 is 0 Å². The molecule has 17 heavy (non-hydrogen) atoms. The van der Waals surface area contributed by atoms with Crippen LogP contribution in [0.1, 0.15) is 11.3 Å². The van der Waals surface area contributed by atoms with E-state index in [-0.39, 0.29) is 5.57 Å². The second-order valence-corrected chi connectivity index (χ2v) is 3.77. The smallest absolute Gasteiger partial charge is 0.130 e. The van der Waals surface area contributed by atoms with Gasteiger partial charge in [0, 0.05) is 18.1 Å². The molecule has 0 aliphatic rings. The number of allylic oxidation sites excluding steroid dienone is 1. The number of aryl methyl sites for hydroxylation is 2. The highest BCUT2D eigenvalue weighted by molar-refractivity contribution is 5.84. The fraction of sp³-hybridized carbons (Fsp3) is 0.154. The Labute approximate surface area is 99.0 Å². The molecule has 1 aromatic carbocycles. The summed E-state index contributed by atoms with van der Waals surface area (Å²) in [6.07, 6.45) is 1.56. The highest BCUT2D eigenvalue weighted by Crippen LogP contribution is 2.19. The van der Waals surface area contributed by atoms with Crippen molar-refractivity contribution in [3.05, 3.63) is 35.0 Å². The summed E-state index contributed by atoms with van der Waals surface area (Å²) in [5.41, 5.74) is 2.87. The van der Waals surface area contributed by atoms with Crippen LogP contribution in [-0.4, -0.2) is 9.78 Å². The molecule has 82 valence electrons. The van der Waals surface area contributed by atoms with Crippen LogP contribution >= 0.6 is 0 Å². The predicted octanol–water partition coefficient (Wildman–Crippen LogP) is 2.31. The minimum Gasteiger partial charge on any atom is -0.272 e. The van der Waals surface area contributed by atoms with Gasteiger partial charge in [-0.15, -0.1) is 0 Å². The quantitative estimate of drug-likeness (QED) is 0.695. The van der Waals surface area contributed by atoms with E-state index in [0.717, 1.165) is 22.2 Å². The number of hydrogen-bond donors (Lipinski definition) is 0. The van der Waals surface area contributed by atoms with Gasteiger partial charge in [-0.3, -0.25) is 4.68 Å². The molecule has 0 atom stereocenters. The van der Waals surface area contributed by atoms with Gasteiger partial charge in [-0.25, -0.2) is 0 Å². The lowest BCUT2D eigenvalue weighted by Gasteiger charge is -1.94. The molecular weight excluding hydrogens is 212 g/mol. The minimum absolute atomic E-state index is 0.0944. The van der Waals surface area contributed by atoms with Gasteiger partial charge in [-0.2, -0.15) is 15.6 Å². The fourth-order valence-corrected chi connectivity index (χ4v) is 1.69. The van der Waals surface area contributed by atoms with Crippen molar-refractivity contribution in [2.75, 3.05) is 0 Å². The maximum absolute atomic E-state index is 8.69. The summed E-state index contributed by atoms with van der Waals surface area (Å²) < 4.78 is 1.81. The van der Waals surface area contributed by atoms with E-state index in [1.807, 2.05) is 49.0 Å². The lowest BCUT2D eigenvalue weighted by Crippen LogP contribution is -1.91. The lowest BCUT2D eigenvalue weighted by molar-refractivity contribution is 0.751. The Balaban J connectivity index is 2.58. The van der Waals surface area contributed by atoms with Crippen LogP contribution in [0.5, 0.6) is 0 Å². The largest absolute Gasteiger partial charge is 0.272 e. The SMILES string of the molecule is Cc1c2ccc(C=C(C#N)C#N)cc2nn1C. The first-order valence-corrected chi connectivity index (χ1v) is 5.11. The molecule has 2 aromatic rings. The Bertz CT molecular complexity index is 677. The van der Waals surface area contributed by atoms with Crippen molar-refractivity contribution in [1.29, 1.82) is 10.5 Å². The maximum atomic E-state index is 8.69. The zero-order valence-electron chi connectivity index (χ0n) is 9.60. The van der Waals surface area contributed by atoms with Crippen molar-refractivity contribution in [3.8, 4) is 12.1 Å². The molecule has 0 aliphatic carbocycles. The second-order valence-electron chi connectivity index (χ2n) is 3.77. The molecule has 0 bridgehead atoms. The third kappa shape index (κ3) is 1.89. The summed E-state index contributed by atoms with van der Waals surface area (Å²) in [6.45, 7) is 2.00. The van der Waals surface area contributed by atoms with Crippen molar-refractivity contribution in [1.82, 2.24) is 9.78 Å². The summed E-state index contributed by atoms with van der Waals surface area (Å²) in [7, 11) is 1.89. The van der Waals surface area contributed by atoms with E-state index in [1.54, 1.807) is 6.08 Å². The van der Waals surface area contributed by atoms with Crippen LogP contribution in [0.4, 0.5) is 0 Å². The maximum Gasteiger partial charge on any atom is 0.130 e. The van der Waals surface area contributed by atoms with Gasteiger partial charge in [0.2, 0.25) is 0 Å². The van der Waals surface area contributed by atoms with E-state index >= 15 is 0 Å². The van der Waals surface area contributed by atoms with Crippen LogP contribution in [0.25, 0.3) is 17.0 Å². The van der Waals surface area contributed by atoms with E-state index in [9.17, 15) is 0 Å². The Kier molecular flexibility index (Phi) is 2.64. The van der Waals surface area contributed by atoms with Crippen molar-refractivity contribution in [2.45, 2.75) is 6.92 Å². The van der Waals surface area contributed by atoms with Gasteiger partial charge in [0.15, 0.2) is 0 Å². The Morgan fingerprint density at radius 1 is 1.35 bits per heavy atom. The fourth-order valence-electron chi connectivity index (χ4n) is 1.69. The Morgan fingerprint density at radius 3 is 2.71 bits per heavy atom.